The molecule has 0 bridgehead atoms. The molecule has 1 aromatic heterocycles. The predicted octanol–water partition coefficient (Wildman–Crippen LogP) is 0.652. The Labute approximate surface area is 91.1 Å². The quantitative estimate of drug-likeness (QED) is 0.776. The van der Waals surface area contributed by atoms with Crippen LogP contribution >= 0.6 is 0 Å². The molecule has 1 atom stereocenters. The highest BCUT2D eigenvalue weighted by atomic mass is 15.3. The van der Waals surface area contributed by atoms with Gasteiger partial charge in [0.25, 0.3) is 0 Å². The second-order valence-corrected chi connectivity index (χ2v) is 4.54. The van der Waals surface area contributed by atoms with Crippen molar-refractivity contribution < 1.29 is 0 Å². The highest BCUT2D eigenvalue weighted by Gasteiger charge is 2.17. The topological polar surface area (TPSA) is 47.1 Å². The van der Waals surface area contributed by atoms with Gasteiger partial charge in [0.15, 0.2) is 0 Å². The summed E-state index contributed by atoms with van der Waals surface area (Å²) in [6.45, 7) is 5.19. The Morgan fingerprint density at radius 1 is 1.60 bits per heavy atom. The van der Waals surface area contributed by atoms with Gasteiger partial charge in [-0.05, 0) is 32.4 Å². The zero-order chi connectivity index (χ0) is 10.8. The zero-order valence-electron chi connectivity index (χ0n) is 9.61. The summed E-state index contributed by atoms with van der Waals surface area (Å²) in [6.07, 6.45) is 2.39. The third-order valence-corrected chi connectivity index (χ3v) is 3.03. The number of hydrogen-bond acceptors (Lipinski definition) is 3. The highest BCUT2D eigenvalue weighted by molar-refractivity contribution is 5.08. The van der Waals surface area contributed by atoms with Gasteiger partial charge in [0.05, 0.1) is 11.4 Å². The normalized spacial score (nSPS) is 23.3. The molecule has 15 heavy (non-hydrogen) atoms. The molecule has 0 saturated carbocycles. The lowest BCUT2D eigenvalue weighted by Crippen LogP contribution is -2.42. The van der Waals surface area contributed by atoms with Crippen LogP contribution in [0.15, 0.2) is 6.07 Å². The molecule has 1 saturated heterocycles. The molecule has 84 valence electrons. The summed E-state index contributed by atoms with van der Waals surface area (Å²) in [5, 5.41) is 4.35. The van der Waals surface area contributed by atoms with Gasteiger partial charge in [0.2, 0.25) is 0 Å². The standard InChI is InChI=1S/C11H20N4/c1-9-6-11(14(2)13-9)8-15-5-3-4-10(12)7-15/h6,10H,3-5,7-8,12H2,1-2H3. The van der Waals surface area contributed by atoms with E-state index >= 15 is 0 Å². The third kappa shape index (κ3) is 2.58. The molecule has 0 aromatic carbocycles. The summed E-state index contributed by atoms with van der Waals surface area (Å²) in [6, 6.07) is 2.51. The highest BCUT2D eigenvalue weighted by Crippen LogP contribution is 2.12. The Hall–Kier alpha value is -0.870. The first kappa shape index (κ1) is 10.6. The molecular weight excluding hydrogens is 188 g/mol. The van der Waals surface area contributed by atoms with E-state index in [0.29, 0.717) is 6.04 Å². The number of piperidine rings is 1. The van der Waals surface area contributed by atoms with Crippen LogP contribution in [-0.2, 0) is 13.6 Å². The van der Waals surface area contributed by atoms with Crippen molar-refractivity contribution in [2.24, 2.45) is 12.8 Å². The number of likely N-dealkylation sites (tertiary alicyclic amines) is 1. The summed E-state index contributed by atoms with van der Waals surface area (Å²) in [5.74, 6) is 0. The monoisotopic (exact) mass is 208 g/mol. The zero-order valence-corrected chi connectivity index (χ0v) is 9.61. The largest absolute Gasteiger partial charge is 0.327 e. The summed E-state index contributed by atoms with van der Waals surface area (Å²) < 4.78 is 1.97. The van der Waals surface area contributed by atoms with Gasteiger partial charge in [-0.15, -0.1) is 0 Å². The average Bonchev–Trinajstić information content (AvgIpc) is 2.45. The van der Waals surface area contributed by atoms with Crippen LogP contribution < -0.4 is 5.73 Å². The Morgan fingerprint density at radius 3 is 3.00 bits per heavy atom. The van der Waals surface area contributed by atoms with E-state index in [4.69, 9.17) is 5.73 Å². The van der Waals surface area contributed by atoms with Crippen molar-refractivity contribution in [2.75, 3.05) is 13.1 Å². The molecule has 1 aliphatic heterocycles. The molecule has 4 nitrogen and oxygen atoms in total. The lowest BCUT2D eigenvalue weighted by atomic mass is 10.1. The second kappa shape index (κ2) is 4.33. The summed E-state index contributed by atoms with van der Waals surface area (Å²) in [4.78, 5) is 2.42. The Bertz CT molecular complexity index is 331. The van der Waals surface area contributed by atoms with E-state index in [9.17, 15) is 0 Å². The van der Waals surface area contributed by atoms with E-state index < -0.39 is 0 Å². The summed E-state index contributed by atoms with van der Waals surface area (Å²) in [5.41, 5.74) is 8.33. The minimum absolute atomic E-state index is 0.355. The molecule has 2 N–H and O–H groups in total. The third-order valence-electron chi connectivity index (χ3n) is 3.03. The van der Waals surface area contributed by atoms with Gasteiger partial charge in [0.1, 0.15) is 0 Å². The molecule has 0 spiro atoms. The molecule has 4 heteroatoms. The molecule has 1 unspecified atom stereocenters. The van der Waals surface area contributed by atoms with Crippen LogP contribution in [0.25, 0.3) is 0 Å². The number of aromatic nitrogens is 2. The Kier molecular flexibility index (Phi) is 3.07. The Balaban J connectivity index is 1.99. The lowest BCUT2D eigenvalue weighted by Gasteiger charge is -2.30. The van der Waals surface area contributed by atoms with Gasteiger partial charge in [-0.1, -0.05) is 0 Å². The number of rotatable bonds is 2. The Morgan fingerprint density at radius 2 is 2.40 bits per heavy atom. The first-order valence-electron chi connectivity index (χ1n) is 5.62. The molecule has 2 heterocycles. The van der Waals surface area contributed by atoms with E-state index in [2.05, 4.69) is 16.1 Å². The van der Waals surface area contributed by atoms with E-state index in [1.807, 2.05) is 18.7 Å². The minimum Gasteiger partial charge on any atom is -0.327 e. The second-order valence-electron chi connectivity index (χ2n) is 4.54. The van der Waals surface area contributed by atoms with E-state index in [-0.39, 0.29) is 0 Å². The molecule has 1 aromatic rings. The number of aryl methyl sites for hydroxylation is 2. The maximum absolute atomic E-state index is 5.96. The van der Waals surface area contributed by atoms with Crippen LogP contribution in [0, 0.1) is 6.92 Å². The van der Waals surface area contributed by atoms with Crippen LogP contribution in [0.3, 0.4) is 0 Å². The molecular formula is C11H20N4. The molecule has 0 radical (unpaired) electrons. The SMILES string of the molecule is Cc1cc(CN2CCCC(N)C2)n(C)n1. The summed E-state index contributed by atoms with van der Waals surface area (Å²) in [7, 11) is 2.01. The molecule has 2 rings (SSSR count). The molecule has 1 fully saturated rings. The fourth-order valence-corrected chi connectivity index (χ4v) is 2.28. The number of nitrogens with two attached hydrogens (primary N) is 1. The van der Waals surface area contributed by atoms with Crippen LogP contribution in [0.2, 0.25) is 0 Å². The van der Waals surface area contributed by atoms with Crippen molar-refractivity contribution in [2.45, 2.75) is 32.4 Å². The van der Waals surface area contributed by atoms with Gasteiger partial charge in [0, 0.05) is 26.2 Å². The maximum Gasteiger partial charge on any atom is 0.0597 e. The van der Waals surface area contributed by atoms with Crippen molar-refractivity contribution in [3.8, 4) is 0 Å². The van der Waals surface area contributed by atoms with Gasteiger partial charge < -0.3 is 5.73 Å². The van der Waals surface area contributed by atoms with Crippen molar-refractivity contribution in [3.05, 3.63) is 17.5 Å². The van der Waals surface area contributed by atoms with Crippen LogP contribution in [0.5, 0.6) is 0 Å². The van der Waals surface area contributed by atoms with Crippen molar-refractivity contribution in [3.63, 3.8) is 0 Å². The fourth-order valence-electron chi connectivity index (χ4n) is 2.28. The van der Waals surface area contributed by atoms with Gasteiger partial charge >= 0.3 is 0 Å². The maximum atomic E-state index is 5.96. The first-order chi connectivity index (χ1) is 7.15. The molecule has 0 amide bonds. The van der Waals surface area contributed by atoms with Crippen molar-refractivity contribution >= 4 is 0 Å². The molecule has 1 aliphatic rings. The fraction of sp³-hybridized carbons (Fsp3) is 0.727. The molecule has 0 aliphatic carbocycles. The van der Waals surface area contributed by atoms with Crippen molar-refractivity contribution in [1.82, 2.24) is 14.7 Å². The number of hydrogen-bond donors (Lipinski definition) is 1. The van der Waals surface area contributed by atoms with Crippen LogP contribution in [-0.4, -0.2) is 33.8 Å². The van der Waals surface area contributed by atoms with Gasteiger partial charge in [-0.2, -0.15) is 5.10 Å². The minimum atomic E-state index is 0.355. The van der Waals surface area contributed by atoms with E-state index in [1.54, 1.807) is 0 Å². The smallest absolute Gasteiger partial charge is 0.0597 e. The van der Waals surface area contributed by atoms with E-state index in [0.717, 1.165) is 25.3 Å². The van der Waals surface area contributed by atoms with Crippen LogP contribution in [0.4, 0.5) is 0 Å². The average molecular weight is 208 g/mol. The van der Waals surface area contributed by atoms with Crippen molar-refractivity contribution in [1.29, 1.82) is 0 Å². The first-order valence-corrected chi connectivity index (χ1v) is 5.62. The predicted molar refractivity (Wildman–Crippen MR) is 60.4 cm³/mol. The summed E-state index contributed by atoms with van der Waals surface area (Å²) >= 11 is 0. The van der Waals surface area contributed by atoms with Gasteiger partial charge in [-0.3, -0.25) is 9.58 Å². The van der Waals surface area contributed by atoms with Crippen LogP contribution in [0.1, 0.15) is 24.2 Å². The van der Waals surface area contributed by atoms with E-state index in [1.165, 1.54) is 18.5 Å². The van der Waals surface area contributed by atoms with Gasteiger partial charge in [-0.25, -0.2) is 0 Å². The number of nitrogens with zero attached hydrogens (tertiary/aromatic N) is 3. The lowest BCUT2D eigenvalue weighted by molar-refractivity contribution is 0.197.